The van der Waals surface area contributed by atoms with Crippen molar-refractivity contribution in [1.29, 1.82) is 0 Å². The van der Waals surface area contributed by atoms with E-state index in [1.165, 1.54) is 0 Å². The standard InChI is InChI=1S/C11H16O6/c12-9-5-3-4-8(10(13)14)11(15)17-7-2-1-6-16-9/h8H,1-7H2,(H,13,14). The van der Waals surface area contributed by atoms with E-state index in [4.69, 9.17) is 14.6 Å². The minimum Gasteiger partial charge on any atom is -0.481 e. The molecule has 96 valence electrons. The maximum Gasteiger partial charge on any atom is 0.320 e. The zero-order chi connectivity index (χ0) is 12.7. The highest BCUT2D eigenvalue weighted by molar-refractivity contribution is 5.93. The van der Waals surface area contributed by atoms with Crippen LogP contribution in [0.25, 0.3) is 0 Å². The first kappa shape index (κ1) is 13.5. The Labute approximate surface area is 98.9 Å². The molecule has 1 heterocycles. The number of aliphatic carboxylic acids is 1. The van der Waals surface area contributed by atoms with E-state index in [1.54, 1.807) is 0 Å². The van der Waals surface area contributed by atoms with Crippen LogP contribution in [0.5, 0.6) is 0 Å². The van der Waals surface area contributed by atoms with Crippen LogP contribution in [0.3, 0.4) is 0 Å². The average Bonchev–Trinajstić information content (AvgIpc) is 2.26. The van der Waals surface area contributed by atoms with Gasteiger partial charge in [-0.3, -0.25) is 14.4 Å². The fourth-order valence-corrected chi connectivity index (χ4v) is 1.53. The number of carboxylic acids is 1. The molecule has 1 unspecified atom stereocenters. The van der Waals surface area contributed by atoms with Crippen molar-refractivity contribution in [3.8, 4) is 0 Å². The van der Waals surface area contributed by atoms with E-state index in [9.17, 15) is 14.4 Å². The van der Waals surface area contributed by atoms with Gasteiger partial charge < -0.3 is 14.6 Å². The van der Waals surface area contributed by atoms with Gasteiger partial charge in [-0.2, -0.15) is 0 Å². The van der Waals surface area contributed by atoms with Crippen molar-refractivity contribution in [2.75, 3.05) is 13.2 Å². The van der Waals surface area contributed by atoms with Crippen LogP contribution in [0.15, 0.2) is 0 Å². The van der Waals surface area contributed by atoms with Crippen LogP contribution in [0.4, 0.5) is 0 Å². The minimum absolute atomic E-state index is 0.100. The molecule has 1 aliphatic rings. The Morgan fingerprint density at radius 3 is 2.41 bits per heavy atom. The fourth-order valence-electron chi connectivity index (χ4n) is 1.53. The van der Waals surface area contributed by atoms with E-state index in [0.29, 0.717) is 25.9 Å². The molecule has 0 aliphatic carbocycles. The first-order chi connectivity index (χ1) is 8.11. The molecule has 1 fully saturated rings. The van der Waals surface area contributed by atoms with Gasteiger partial charge in [-0.1, -0.05) is 0 Å². The third kappa shape index (κ3) is 4.84. The molecule has 6 nitrogen and oxygen atoms in total. The molecule has 1 aliphatic heterocycles. The van der Waals surface area contributed by atoms with Crippen LogP contribution < -0.4 is 0 Å². The van der Waals surface area contributed by atoms with E-state index in [1.807, 2.05) is 0 Å². The van der Waals surface area contributed by atoms with Crippen molar-refractivity contribution in [1.82, 2.24) is 0 Å². The van der Waals surface area contributed by atoms with Crippen molar-refractivity contribution in [3.05, 3.63) is 0 Å². The number of hydrogen-bond donors (Lipinski definition) is 1. The zero-order valence-corrected chi connectivity index (χ0v) is 9.52. The van der Waals surface area contributed by atoms with Gasteiger partial charge in [0.05, 0.1) is 13.2 Å². The molecule has 6 heteroatoms. The molecule has 0 spiro atoms. The summed E-state index contributed by atoms with van der Waals surface area (Å²) in [6.07, 6.45) is 1.72. The number of esters is 2. The summed E-state index contributed by atoms with van der Waals surface area (Å²) >= 11 is 0. The van der Waals surface area contributed by atoms with Crippen LogP contribution in [0, 0.1) is 5.92 Å². The second-order valence-electron chi connectivity index (χ2n) is 3.88. The Balaban J connectivity index is 2.56. The Morgan fingerprint density at radius 1 is 1.12 bits per heavy atom. The summed E-state index contributed by atoms with van der Waals surface area (Å²) in [6.45, 7) is 0.485. The van der Waals surface area contributed by atoms with Gasteiger partial charge in [0, 0.05) is 6.42 Å². The van der Waals surface area contributed by atoms with Gasteiger partial charge in [0.25, 0.3) is 0 Å². The number of carboxylic acid groups (broad SMARTS) is 1. The largest absolute Gasteiger partial charge is 0.481 e. The smallest absolute Gasteiger partial charge is 0.320 e. The van der Waals surface area contributed by atoms with Crippen molar-refractivity contribution in [2.24, 2.45) is 5.92 Å². The van der Waals surface area contributed by atoms with Crippen LogP contribution in [0.1, 0.15) is 32.1 Å². The zero-order valence-electron chi connectivity index (χ0n) is 9.52. The SMILES string of the molecule is O=C1CCCC(C(=O)O)C(=O)OCCCCO1. The number of carbonyl (C=O) groups excluding carboxylic acids is 2. The Kier molecular flexibility index (Phi) is 5.45. The molecule has 0 aromatic rings. The van der Waals surface area contributed by atoms with Gasteiger partial charge in [0.1, 0.15) is 0 Å². The second-order valence-corrected chi connectivity index (χ2v) is 3.88. The van der Waals surface area contributed by atoms with E-state index >= 15 is 0 Å². The molecular weight excluding hydrogens is 228 g/mol. The predicted octanol–water partition coefficient (Wildman–Crippen LogP) is 0.738. The number of rotatable bonds is 1. The van der Waals surface area contributed by atoms with Gasteiger partial charge in [-0.05, 0) is 25.7 Å². The summed E-state index contributed by atoms with van der Waals surface area (Å²) in [5.74, 6) is -3.45. The second kappa shape index (κ2) is 6.88. The van der Waals surface area contributed by atoms with E-state index in [0.717, 1.165) is 0 Å². The topological polar surface area (TPSA) is 89.9 Å². The Hall–Kier alpha value is -1.59. The maximum absolute atomic E-state index is 11.4. The molecule has 1 saturated heterocycles. The van der Waals surface area contributed by atoms with Gasteiger partial charge in [0.2, 0.25) is 0 Å². The van der Waals surface area contributed by atoms with Crippen molar-refractivity contribution >= 4 is 17.9 Å². The molecule has 1 N–H and O–H groups in total. The van der Waals surface area contributed by atoms with Gasteiger partial charge >= 0.3 is 17.9 Å². The molecule has 17 heavy (non-hydrogen) atoms. The first-order valence-electron chi connectivity index (χ1n) is 5.66. The normalized spacial score (nSPS) is 23.9. The molecule has 1 rings (SSSR count). The third-order valence-electron chi connectivity index (χ3n) is 2.50. The Morgan fingerprint density at radius 2 is 1.76 bits per heavy atom. The monoisotopic (exact) mass is 244 g/mol. The number of cyclic esters (lactones) is 2. The van der Waals surface area contributed by atoms with Crippen LogP contribution in [-0.2, 0) is 23.9 Å². The minimum atomic E-state index is -1.21. The number of hydrogen-bond acceptors (Lipinski definition) is 5. The lowest BCUT2D eigenvalue weighted by Gasteiger charge is -2.13. The maximum atomic E-state index is 11.4. The van der Waals surface area contributed by atoms with E-state index < -0.39 is 17.9 Å². The summed E-state index contributed by atoms with van der Waals surface area (Å²) in [5.41, 5.74) is 0. The molecule has 0 amide bonds. The highest BCUT2D eigenvalue weighted by atomic mass is 16.5. The van der Waals surface area contributed by atoms with E-state index in [2.05, 4.69) is 0 Å². The fraction of sp³-hybridized carbons (Fsp3) is 0.727. The molecule has 1 atom stereocenters. The van der Waals surface area contributed by atoms with Crippen molar-refractivity contribution in [2.45, 2.75) is 32.1 Å². The molecule has 0 aromatic carbocycles. The number of carbonyl (C=O) groups is 3. The molecule has 0 radical (unpaired) electrons. The lowest BCUT2D eigenvalue weighted by atomic mass is 10.0. The summed E-state index contributed by atoms with van der Waals surface area (Å²) in [5, 5.41) is 8.86. The third-order valence-corrected chi connectivity index (χ3v) is 2.50. The lowest BCUT2D eigenvalue weighted by molar-refractivity contribution is -0.160. The summed E-state index contributed by atoms with van der Waals surface area (Å²) in [6, 6.07) is 0. The van der Waals surface area contributed by atoms with Gasteiger partial charge in [0.15, 0.2) is 5.92 Å². The highest BCUT2D eigenvalue weighted by Crippen LogP contribution is 2.13. The van der Waals surface area contributed by atoms with E-state index in [-0.39, 0.29) is 25.4 Å². The molecule has 0 aromatic heterocycles. The van der Waals surface area contributed by atoms with Gasteiger partial charge in [-0.15, -0.1) is 0 Å². The van der Waals surface area contributed by atoms with Crippen molar-refractivity contribution < 1.29 is 29.0 Å². The summed E-state index contributed by atoms with van der Waals surface area (Å²) in [4.78, 5) is 33.5. The summed E-state index contributed by atoms with van der Waals surface area (Å²) < 4.78 is 9.77. The number of ether oxygens (including phenoxy) is 2. The molecular formula is C11H16O6. The molecule has 0 bridgehead atoms. The predicted molar refractivity (Wildman–Crippen MR) is 56.1 cm³/mol. The van der Waals surface area contributed by atoms with Crippen LogP contribution >= 0.6 is 0 Å². The van der Waals surface area contributed by atoms with Crippen LogP contribution in [0.2, 0.25) is 0 Å². The summed E-state index contributed by atoms with van der Waals surface area (Å²) in [7, 11) is 0. The highest BCUT2D eigenvalue weighted by Gasteiger charge is 2.27. The van der Waals surface area contributed by atoms with Crippen LogP contribution in [-0.4, -0.2) is 36.2 Å². The quantitative estimate of drug-likeness (QED) is 0.540. The van der Waals surface area contributed by atoms with Gasteiger partial charge in [-0.25, -0.2) is 0 Å². The Bertz CT molecular complexity index is 298. The van der Waals surface area contributed by atoms with Crippen molar-refractivity contribution in [3.63, 3.8) is 0 Å². The average molecular weight is 244 g/mol. The first-order valence-corrected chi connectivity index (χ1v) is 5.66. The lowest BCUT2D eigenvalue weighted by Crippen LogP contribution is -2.27. The molecule has 0 saturated carbocycles.